The summed E-state index contributed by atoms with van der Waals surface area (Å²) < 4.78 is 33.6. The van der Waals surface area contributed by atoms with Crippen molar-refractivity contribution in [3.05, 3.63) is 101 Å². The first kappa shape index (κ1) is 20.3. The van der Waals surface area contributed by atoms with Crippen LogP contribution >= 0.6 is 0 Å². The Hall–Kier alpha value is -4.33. The van der Waals surface area contributed by atoms with E-state index in [2.05, 4.69) is 15.4 Å². The molecule has 0 fully saturated rings. The average Bonchev–Trinajstić information content (AvgIpc) is 3.35. The molecule has 1 N–H and O–H groups in total. The summed E-state index contributed by atoms with van der Waals surface area (Å²) in [5.41, 5.74) is 4.29. The van der Waals surface area contributed by atoms with Crippen LogP contribution in [-0.4, -0.2) is 29.0 Å². The molecule has 3 heterocycles. The minimum Gasteiger partial charge on any atom is -0.493 e. The summed E-state index contributed by atoms with van der Waals surface area (Å²) in [5.74, 6) is 2.21. The maximum Gasteiger partial charge on any atom is 0.226 e. The van der Waals surface area contributed by atoms with Crippen molar-refractivity contribution in [3.8, 4) is 17.2 Å². The number of benzene rings is 3. The highest BCUT2D eigenvalue weighted by Gasteiger charge is 2.41. The van der Waals surface area contributed by atoms with Crippen LogP contribution in [-0.2, 0) is 0 Å². The molecule has 0 unspecified atom stereocenters. The minimum atomic E-state index is -0.552. The smallest absolute Gasteiger partial charge is 0.226 e. The number of aromatic nitrogens is 3. The number of anilines is 1. The van der Waals surface area contributed by atoms with Gasteiger partial charge in [0.25, 0.3) is 0 Å². The van der Waals surface area contributed by atoms with Gasteiger partial charge in [-0.1, -0.05) is 30.3 Å². The Balaban J connectivity index is 1.62. The second kappa shape index (κ2) is 7.91. The fourth-order valence-electron chi connectivity index (χ4n) is 4.71. The Morgan fingerprint density at radius 1 is 0.941 bits per heavy atom. The summed E-state index contributed by atoms with van der Waals surface area (Å²) in [6.07, 6.45) is 0.960. The van der Waals surface area contributed by atoms with Crippen molar-refractivity contribution in [3.63, 3.8) is 0 Å². The third-order valence-corrected chi connectivity index (χ3v) is 6.20. The highest BCUT2D eigenvalue weighted by atomic mass is 19.1. The molecule has 0 aliphatic carbocycles. The Morgan fingerprint density at radius 2 is 1.79 bits per heavy atom. The van der Waals surface area contributed by atoms with Gasteiger partial charge in [-0.25, -0.2) is 9.07 Å². The van der Waals surface area contributed by atoms with Crippen molar-refractivity contribution in [2.45, 2.75) is 12.1 Å². The summed E-state index contributed by atoms with van der Waals surface area (Å²) in [6.45, 7) is 0. The van der Waals surface area contributed by atoms with Crippen molar-refractivity contribution < 1.29 is 18.6 Å². The first-order valence-corrected chi connectivity index (χ1v) is 10.8. The third kappa shape index (κ3) is 3.10. The number of methoxy groups -OCH3 is 2. The molecule has 0 bridgehead atoms. The molecular weight excluding hydrogens is 435 g/mol. The molecule has 0 spiro atoms. The van der Waals surface area contributed by atoms with Gasteiger partial charge in [-0.15, -0.1) is 0 Å². The normalized spacial score (nSPS) is 18.2. The summed E-state index contributed by atoms with van der Waals surface area (Å²) in [7, 11) is 3.20. The lowest BCUT2D eigenvalue weighted by Crippen LogP contribution is -2.32. The van der Waals surface area contributed by atoms with Crippen LogP contribution in [0.25, 0.3) is 5.70 Å². The summed E-state index contributed by atoms with van der Waals surface area (Å²) in [5, 5.41) is 7.95. The number of hydrogen-bond acceptors (Lipinski definition) is 6. The molecule has 8 heteroatoms. The molecule has 34 heavy (non-hydrogen) atoms. The topological polar surface area (TPSA) is 70.4 Å². The average molecular weight is 456 g/mol. The van der Waals surface area contributed by atoms with Crippen LogP contribution in [0.5, 0.6) is 17.2 Å². The van der Waals surface area contributed by atoms with Crippen molar-refractivity contribution in [2.75, 3.05) is 19.5 Å². The van der Waals surface area contributed by atoms with Crippen LogP contribution in [0.2, 0.25) is 0 Å². The predicted octanol–water partition coefficient (Wildman–Crippen LogP) is 4.99. The maximum absolute atomic E-state index is 14.3. The highest BCUT2D eigenvalue weighted by molar-refractivity contribution is 5.85. The van der Waals surface area contributed by atoms with E-state index >= 15 is 0 Å². The van der Waals surface area contributed by atoms with E-state index in [0.717, 1.165) is 22.4 Å². The van der Waals surface area contributed by atoms with Crippen LogP contribution in [0.4, 0.5) is 10.3 Å². The molecule has 3 aromatic carbocycles. The molecule has 1 aromatic heterocycles. The fraction of sp³-hybridized carbons (Fsp3) is 0.154. The van der Waals surface area contributed by atoms with E-state index in [1.54, 1.807) is 20.3 Å². The van der Waals surface area contributed by atoms with Crippen LogP contribution < -0.4 is 19.5 Å². The van der Waals surface area contributed by atoms with Crippen molar-refractivity contribution in [2.24, 2.45) is 0 Å². The van der Waals surface area contributed by atoms with E-state index in [1.165, 1.54) is 18.5 Å². The maximum atomic E-state index is 14.3. The molecule has 170 valence electrons. The van der Waals surface area contributed by atoms with Crippen LogP contribution in [0, 0.1) is 5.82 Å². The molecule has 2 aliphatic rings. The largest absolute Gasteiger partial charge is 0.493 e. The molecular formula is C26H21FN4O3. The van der Waals surface area contributed by atoms with Crippen LogP contribution in [0.1, 0.15) is 28.8 Å². The molecule has 0 saturated carbocycles. The highest BCUT2D eigenvalue weighted by Crippen LogP contribution is 2.51. The van der Waals surface area contributed by atoms with E-state index in [0.29, 0.717) is 28.8 Å². The van der Waals surface area contributed by atoms with Crippen LogP contribution in [0.3, 0.4) is 0 Å². The van der Waals surface area contributed by atoms with Gasteiger partial charge in [-0.05, 0) is 47.5 Å². The zero-order valence-electron chi connectivity index (χ0n) is 18.5. The van der Waals surface area contributed by atoms with Gasteiger partial charge in [0.15, 0.2) is 11.5 Å². The van der Waals surface area contributed by atoms with Crippen molar-refractivity contribution >= 4 is 11.6 Å². The number of ether oxygens (including phenoxy) is 3. The SMILES string of the molecule is COc1ccc([C@H]2C3=C(Nc4ncnn42)c2ccccc2O[C@H]3c2cccc(F)c2)cc1OC. The summed E-state index contributed by atoms with van der Waals surface area (Å²) in [6, 6.07) is 19.7. The third-order valence-electron chi connectivity index (χ3n) is 6.20. The van der Waals surface area contributed by atoms with Gasteiger partial charge in [0.05, 0.1) is 19.9 Å². The van der Waals surface area contributed by atoms with Gasteiger partial charge < -0.3 is 19.5 Å². The number of nitrogens with zero attached hydrogens (tertiary/aromatic N) is 3. The van der Waals surface area contributed by atoms with E-state index in [-0.39, 0.29) is 11.9 Å². The first-order valence-electron chi connectivity index (χ1n) is 10.8. The number of hydrogen-bond donors (Lipinski definition) is 1. The zero-order chi connectivity index (χ0) is 23.2. The van der Waals surface area contributed by atoms with Gasteiger partial charge in [-0.2, -0.15) is 10.1 Å². The number of para-hydroxylation sites is 1. The predicted molar refractivity (Wildman–Crippen MR) is 124 cm³/mol. The van der Waals surface area contributed by atoms with E-state index in [4.69, 9.17) is 14.2 Å². The molecule has 4 aromatic rings. The van der Waals surface area contributed by atoms with Crippen molar-refractivity contribution in [1.29, 1.82) is 0 Å². The van der Waals surface area contributed by atoms with Crippen molar-refractivity contribution in [1.82, 2.24) is 14.8 Å². The fourth-order valence-corrected chi connectivity index (χ4v) is 4.71. The minimum absolute atomic E-state index is 0.324. The Labute approximate surface area is 195 Å². The number of nitrogens with one attached hydrogen (secondary N) is 1. The Morgan fingerprint density at radius 3 is 2.62 bits per heavy atom. The zero-order valence-corrected chi connectivity index (χ0v) is 18.5. The molecule has 0 saturated heterocycles. The number of halogens is 1. The second-order valence-electron chi connectivity index (χ2n) is 8.05. The van der Waals surface area contributed by atoms with Gasteiger partial charge in [0.1, 0.15) is 30.0 Å². The van der Waals surface area contributed by atoms with E-state index < -0.39 is 6.10 Å². The van der Waals surface area contributed by atoms with E-state index in [9.17, 15) is 4.39 Å². The lowest BCUT2D eigenvalue weighted by molar-refractivity contribution is 0.222. The molecule has 7 nitrogen and oxygen atoms in total. The summed E-state index contributed by atoms with van der Waals surface area (Å²) >= 11 is 0. The molecule has 2 atom stereocenters. The quantitative estimate of drug-likeness (QED) is 0.466. The van der Waals surface area contributed by atoms with Gasteiger partial charge in [-0.3, -0.25) is 0 Å². The number of fused-ring (bicyclic) bond motifs is 3. The summed E-state index contributed by atoms with van der Waals surface area (Å²) in [4.78, 5) is 4.43. The second-order valence-corrected chi connectivity index (χ2v) is 8.05. The molecule has 0 radical (unpaired) electrons. The lowest BCUT2D eigenvalue weighted by Gasteiger charge is -2.39. The standard InChI is InChI=1S/C26H21FN4O3/c1-32-20-11-10-15(13-21(20)33-2)24-22-23(30-26-28-14-29-31(24)26)18-8-3-4-9-19(18)34-25(22)16-6-5-7-17(27)12-16/h3-14,24-25H,1-2H3,(H,28,29,30)/t24-,25-/m0/s1. The molecule has 2 aliphatic heterocycles. The van der Waals surface area contributed by atoms with Gasteiger partial charge in [0, 0.05) is 11.1 Å². The Kier molecular flexibility index (Phi) is 4.72. The van der Waals surface area contributed by atoms with Gasteiger partial charge in [0.2, 0.25) is 5.95 Å². The molecule has 6 rings (SSSR count). The number of rotatable bonds is 4. The monoisotopic (exact) mass is 456 g/mol. The van der Waals surface area contributed by atoms with E-state index in [1.807, 2.05) is 53.2 Å². The molecule has 0 amide bonds. The lowest BCUT2D eigenvalue weighted by atomic mass is 9.84. The first-order chi connectivity index (χ1) is 16.7. The van der Waals surface area contributed by atoms with Crippen LogP contribution in [0.15, 0.2) is 78.6 Å². The Bertz CT molecular complexity index is 1430. The van der Waals surface area contributed by atoms with Gasteiger partial charge >= 0.3 is 0 Å².